The van der Waals surface area contributed by atoms with Crippen molar-refractivity contribution in [2.24, 2.45) is 0 Å². The number of carbonyl (C=O) groups is 3. The van der Waals surface area contributed by atoms with Gasteiger partial charge in [-0.2, -0.15) is 11.8 Å². The molecule has 0 saturated carbocycles. The van der Waals surface area contributed by atoms with Crippen LogP contribution in [-0.4, -0.2) is 53.8 Å². The molecule has 0 bridgehead atoms. The van der Waals surface area contributed by atoms with Crippen molar-refractivity contribution in [3.63, 3.8) is 0 Å². The van der Waals surface area contributed by atoms with E-state index in [0.717, 1.165) is 22.3 Å². The highest BCUT2D eigenvalue weighted by Gasteiger charge is 2.29. The molecule has 0 aromatic heterocycles. The number of carbonyl (C=O) groups excluding carboxylic acids is 2. The van der Waals surface area contributed by atoms with Gasteiger partial charge in [0.15, 0.2) is 0 Å². The Morgan fingerprint density at radius 1 is 1.03 bits per heavy atom. The molecule has 8 heteroatoms. The van der Waals surface area contributed by atoms with Crippen molar-refractivity contribution >= 4 is 29.7 Å². The third-order valence-corrected chi connectivity index (χ3v) is 6.48. The Morgan fingerprint density at radius 2 is 1.64 bits per heavy atom. The Bertz CT molecular complexity index is 951. The van der Waals surface area contributed by atoms with Crippen molar-refractivity contribution in [3.8, 4) is 11.1 Å². The summed E-state index contributed by atoms with van der Waals surface area (Å²) >= 11 is 1.52. The number of aliphatic carboxylic acids is 1. The molecule has 1 unspecified atom stereocenters. The van der Waals surface area contributed by atoms with Crippen molar-refractivity contribution in [1.29, 1.82) is 0 Å². The summed E-state index contributed by atoms with van der Waals surface area (Å²) in [5.41, 5.74) is 4.56. The second-order valence-corrected chi connectivity index (χ2v) is 9.00. The van der Waals surface area contributed by atoms with Gasteiger partial charge in [0, 0.05) is 18.4 Å². The Balaban J connectivity index is 1.54. The highest BCUT2D eigenvalue weighted by atomic mass is 32.2. The predicted molar refractivity (Wildman–Crippen MR) is 129 cm³/mol. The van der Waals surface area contributed by atoms with Crippen molar-refractivity contribution < 1.29 is 24.2 Å². The fraction of sp³-hybridized carbons (Fsp3) is 0.400. The summed E-state index contributed by atoms with van der Waals surface area (Å²) in [5, 5.41) is 14.6. The number of nitrogens with one attached hydrogen (secondary N) is 2. The number of rotatable bonds is 11. The van der Waals surface area contributed by atoms with Crippen LogP contribution >= 0.6 is 11.8 Å². The van der Waals surface area contributed by atoms with E-state index in [1.165, 1.54) is 11.8 Å². The van der Waals surface area contributed by atoms with Gasteiger partial charge in [-0.05, 0) is 47.1 Å². The monoisotopic (exact) mass is 470 g/mol. The van der Waals surface area contributed by atoms with Crippen LogP contribution < -0.4 is 10.6 Å². The average molecular weight is 471 g/mol. The minimum atomic E-state index is -1.06. The second-order valence-electron chi connectivity index (χ2n) is 8.02. The summed E-state index contributed by atoms with van der Waals surface area (Å²) in [6.45, 7) is 2.04. The summed E-state index contributed by atoms with van der Waals surface area (Å²) in [4.78, 5) is 36.2. The lowest BCUT2D eigenvalue weighted by Gasteiger charge is -2.20. The molecule has 1 aliphatic rings. The summed E-state index contributed by atoms with van der Waals surface area (Å²) in [6.07, 6.45) is 2.14. The topological polar surface area (TPSA) is 105 Å². The average Bonchev–Trinajstić information content (AvgIpc) is 3.13. The smallest absolute Gasteiger partial charge is 0.407 e. The first-order valence-corrected chi connectivity index (χ1v) is 12.5. The van der Waals surface area contributed by atoms with E-state index in [-0.39, 0.29) is 18.9 Å². The highest BCUT2D eigenvalue weighted by molar-refractivity contribution is 7.98. The number of thioether (sulfide) groups is 1. The number of carboxylic acids is 1. The molecule has 3 N–H and O–H groups in total. The van der Waals surface area contributed by atoms with Gasteiger partial charge in [0.25, 0.3) is 0 Å². The van der Waals surface area contributed by atoms with Gasteiger partial charge >= 0.3 is 12.1 Å². The Labute approximate surface area is 198 Å². The highest BCUT2D eigenvalue weighted by Crippen LogP contribution is 2.44. The van der Waals surface area contributed by atoms with Gasteiger partial charge in [-0.1, -0.05) is 55.5 Å². The molecule has 1 aliphatic carbocycles. The molecule has 2 aromatic carbocycles. The molecule has 176 valence electrons. The van der Waals surface area contributed by atoms with E-state index < -0.39 is 30.1 Å². The summed E-state index contributed by atoms with van der Waals surface area (Å²) in [6, 6.07) is 14.8. The Kier molecular flexibility index (Phi) is 8.77. The Hall–Kier alpha value is -3.00. The SMILES string of the molecule is CC[C@H](CC(=O)NC(CCSC)C(=O)O)NC(=O)OCC1c2ccccc2-c2ccccc21. The van der Waals surface area contributed by atoms with Crippen LogP contribution in [0.3, 0.4) is 0 Å². The van der Waals surface area contributed by atoms with Crippen molar-refractivity contribution in [1.82, 2.24) is 10.6 Å². The summed E-state index contributed by atoms with van der Waals surface area (Å²) < 4.78 is 5.55. The van der Waals surface area contributed by atoms with E-state index in [1.807, 2.05) is 37.4 Å². The van der Waals surface area contributed by atoms with Gasteiger partial charge in [-0.3, -0.25) is 4.79 Å². The quantitative estimate of drug-likeness (QED) is 0.458. The molecule has 0 spiro atoms. The molecular weight excluding hydrogens is 440 g/mol. The molecule has 0 aliphatic heterocycles. The van der Waals surface area contributed by atoms with Crippen LogP contribution in [0, 0.1) is 0 Å². The van der Waals surface area contributed by atoms with Crippen LogP contribution in [0.1, 0.15) is 43.2 Å². The maximum absolute atomic E-state index is 12.5. The van der Waals surface area contributed by atoms with Gasteiger partial charge < -0.3 is 20.5 Å². The van der Waals surface area contributed by atoms with Crippen LogP contribution in [0.15, 0.2) is 48.5 Å². The fourth-order valence-electron chi connectivity index (χ4n) is 4.07. The van der Waals surface area contributed by atoms with Crippen molar-refractivity contribution in [2.45, 2.75) is 44.2 Å². The molecule has 3 rings (SSSR count). The number of hydrogen-bond acceptors (Lipinski definition) is 5. The van der Waals surface area contributed by atoms with Crippen LogP contribution in [0.5, 0.6) is 0 Å². The van der Waals surface area contributed by atoms with E-state index in [4.69, 9.17) is 4.74 Å². The van der Waals surface area contributed by atoms with Crippen LogP contribution in [-0.2, 0) is 14.3 Å². The van der Waals surface area contributed by atoms with Gasteiger partial charge in [0.05, 0.1) is 0 Å². The first-order valence-electron chi connectivity index (χ1n) is 11.1. The van der Waals surface area contributed by atoms with E-state index in [1.54, 1.807) is 0 Å². The molecule has 2 aromatic rings. The van der Waals surface area contributed by atoms with Gasteiger partial charge in [-0.25, -0.2) is 9.59 Å². The zero-order valence-electron chi connectivity index (χ0n) is 18.9. The molecular formula is C25H30N2O5S. The first-order chi connectivity index (χ1) is 15.9. The standard InChI is InChI=1S/C25H30N2O5S/c1-3-16(14-23(28)27-22(24(29)30)12-13-33-2)26-25(31)32-15-21-19-10-6-4-8-17(19)18-9-5-7-11-20(18)21/h4-11,16,21-22H,3,12-15H2,1-2H3,(H,26,31)(H,27,28)(H,29,30)/t16-,22?/m1/s1. The maximum Gasteiger partial charge on any atom is 0.407 e. The molecule has 0 radical (unpaired) electrons. The first kappa shape index (κ1) is 24.6. The van der Waals surface area contributed by atoms with Gasteiger partial charge in [-0.15, -0.1) is 0 Å². The molecule has 0 fully saturated rings. The normalized spacial score (nSPS) is 14.0. The fourth-order valence-corrected chi connectivity index (χ4v) is 4.55. The van der Waals surface area contributed by atoms with Crippen LogP contribution in [0.25, 0.3) is 11.1 Å². The minimum absolute atomic E-state index is 0.0102. The van der Waals surface area contributed by atoms with Crippen LogP contribution in [0.4, 0.5) is 4.79 Å². The summed E-state index contributed by atoms with van der Waals surface area (Å²) in [7, 11) is 0. The third kappa shape index (κ3) is 6.28. The molecule has 2 amide bonds. The molecule has 33 heavy (non-hydrogen) atoms. The molecule has 2 atom stereocenters. The lowest BCUT2D eigenvalue weighted by atomic mass is 9.98. The number of ether oxygens (including phenoxy) is 1. The molecule has 0 saturated heterocycles. The Morgan fingerprint density at radius 3 is 2.18 bits per heavy atom. The van der Waals surface area contributed by atoms with Crippen LogP contribution in [0.2, 0.25) is 0 Å². The maximum atomic E-state index is 12.5. The third-order valence-electron chi connectivity index (χ3n) is 5.83. The van der Waals surface area contributed by atoms with E-state index >= 15 is 0 Å². The number of hydrogen-bond donors (Lipinski definition) is 3. The number of carboxylic acid groups (broad SMARTS) is 1. The van der Waals surface area contributed by atoms with Crippen molar-refractivity contribution in [2.75, 3.05) is 18.6 Å². The van der Waals surface area contributed by atoms with E-state index in [0.29, 0.717) is 18.6 Å². The molecule has 0 heterocycles. The lowest BCUT2D eigenvalue weighted by molar-refractivity contribution is -0.141. The largest absolute Gasteiger partial charge is 0.480 e. The zero-order chi connectivity index (χ0) is 23.8. The number of benzene rings is 2. The van der Waals surface area contributed by atoms with E-state index in [9.17, 15) is 19.5 Å². The number of amides is 2. The van der Waals surface area contributed by atoms with E-state index in [2.05, 4.69) is 34.9 Å². The second kappa shape index (κ2) is 11.7. The number of alkyl carbamates (subject to hydrolysis) is 1. The minimum Gasteiger partial charge on any atom is -0.480 e. The predicted octanol–water partition coefficient (Wildman–Crippen LogP) is 4.02. The molecule has 7 nitrogen and oxygen atoms in total. The summed E-state index contributed by atoms with van der Waals surface area (Å²) in [5.74, 6) is -0.879. The lowest BCUT2D eigenvalue weighted by Crippen LogP contribution is -2.45. The number of fused-ring (bicyclic) bond motifs is 3. The van der Waals surface area contributed by atoms with Crippen molar-refractivity contribution in [3.05, 3.63) is 59.7 Å². The zero-order valence-corrected chi connectivity index (χ0v) is 19.7. The van der Waals surface area contributed by atoms with Gasteiger partial charge in [0.1, 0.15) is 12.6 Å². The van der Waals surface area contributed by atoms with Gasteiger partial charge in [0.2, 0.25) is 5.91 Å².